The highest BCUT2D eigenvalue weighted by atomic mass is 16.3. The highest BCUT2D eigenvalue weighted by Gasteiger charge is 2.42. The third-order valence-electron chi connectivity index (χ3n) is 4.00. The number of carbonyl (C=O) groups is 1. The fraction of sp³-hybridized carbons (Fsp3) is 0.667. The second-order valence-corrected chi connectivity index (χ2v) is 5.17. The standard InChI is InChI=1S/C12H17N3O2/c1-9-10(17-8-14-9)11(16)15-5-3-12(7-15)2-4-13-6-12/h8,13H,2-7H2,1H3. The van der Waals surface area contributed by atoms with Crippen LogP contribution in [0.25, 0.3) is 0 Å². The molecule has 2 aliphatic rings. The SMILES string of the molecule is Cc1ncoc1C(=O)N1CCC2(CCNC2)C1. The van der Waals surface area contributed by atoms with Crippen LogP contribution in [0, 0.1) is 12.3 Å². The van der Waals surface area contributed by atoms with Crippen molar-refractivity contribution in [1.29, 1.82) is 0 Å². The first-order chi connectivity index (χ1) is 8.20. The lowest BCUT2D eigenvalue weighted by atomic mass is 9.87. The van der Waals surface area contributed by atoms with Crippen LogP contribution in [0.3, 0.4) is 0 Å². The molecule has 0 saturated carbocycles. The minimum atomic E-state index is -0.0104. The van der Waals surface area contributed by atoms with Crippen LogP contribution in [-0.2, 0) is 0 Å². The molecule has 17 heavy (non-hydrogen) atoms. The fourth-order valence-electron chi connectivity index (χ4n) is 2.90. The van der Waals surface area contributed by atoms with Crippen molar-refractivity contribution in [1.82, 2.24) is 15.2 Å². The highest BCUT2D eigenvalue weighted by Crippen LogP contribution is 2.36. The number of aryl methyl sites for hydroxylation is 1. The lowest BCUT2D eigenvalue weighted by Crippen LogP contribution is -2.33. The second-order valence-electron chi connectivity index (χ2n) is 5.17. The number of hydrogen-bond acceptors (Lipinski definition) is 4. The van der Waals surface area contributed by atoms with Gasteiger partial charge in [-0.1, -0.05) is 0 Å². The van der Waals surface area contributed by atoms with Crippen molar-refractivity contribution >= 4 is 5.91 Å². The van der Waals surface area contributed by atoms with E-state index in [1.165, 1.54) is 12.8 Å². The summed E-state index contributed by atoms with van der Waals surface area (Å²) >= 11 is 0. The Balaban J connectivity index is 1.75. The first kappa shape index (κ1) is 10.8. The van der Waals surface area contributed by atoms with Crippen molar-refractivity contribution in [3.8, 4) is 0 Å². The summed E-state index contributed by atoms with van der Waals surface area (Å²) in [6.07, 6.45) is 3.61. The maximum absolute atomic E-state index is 12.2. The van der Waals surface area contributed by atoms with Gasteiger partial charge < -0.3 is 14.6 Å². The first-order valence-corrected chi connectivity index (χ1v) is 6.10. The fourth-order valence-corrected chi connectivity index (χ4v) is 2.90. The zero-order valence-electron chi connectivity index (χ0n) is 10.0. The number of oxazole rings is 1. The van der Waals surface area contributed by atoms with E-state index in [2.05, 4.69) is 10.3 Å². The molecule has 0 radical (unpaired) electrons. The van der Waals surface area contributed by atoms with Gasteiger partial charge in [-0.05, 0) is 26.3 Å². The molecule has 0 aliphatic carbocycles. The molecule has 1 aromatic heterocycles. The summed E-state index contributed by atoms with van der Waals surface area (Å²) in [4.78, 5) is 18.1. The summed E-state index contributed by atoms with van der Waals surface area (Å²) in [5.41, 5.74) is 0.990. The number of amides is 1. The van der Waals surface area contributed by atoms with E-state index in [0.29, 0.717) is 16.9 Å². The molecule has 2 fully saturated rings. The number of aromatic nitrogens is 1. The van der Waals surface area contributed by atoms with Gasteiger partial charge in [-0.2, -0.15) is 0 Å². The lowest BCUT2D eigenvalue weighted by molar-refractivity contribution is 0.0743. The van der Waals surface area contributed by atoms with Crippen molar-refractivity contribution in [3.63, 3.8) is 0 Å². The minimum absolute atomic E-state index is 0.0104. The second kappa shape index (κ2) is 3.84. The van der Waals surface area contributed by atoms with Gasteiger partial charge in [0.25, 0.3) is 5.91 Å². The molecule has 3 heterocycles. The summed E-state index contributed by atoms with van der Waals surface area (Å²) in [6, 6.07) is 0. The van der Waals surface area contributed by atoms with Gasteiger partial charge in [-0.3, -0.25) is 4.79 Å². The molecular formula is C12H17N3O2. The van der Waals surface area contributed by atoms with Crippen LogP contribution in [0.1, 0.15) is 29.1 Å². The molecular weight excluding hydrogens is 218 g/mol. The zero-order valence-corrected chi connectivity index (χ0v) is 10.0. The Morgan fingerprint density at radius 3 is 3.12 bits per heavy atom. The van der Waals surface area contributed by atoms with Crippen LogP contribution in [0.2, 0.25) is 0 Å². The van der Waals surface area contributed by atoms with E-state index in [4.69, 9.17) is 4.42 Å². The van der Waals surface area contributed by atoms with Gasteiger partial charge in [0.15, 0.2) is 6.39 Å². The molecule has 0 aromatic carbocycles. The molecule has 0 bridgehead atoms. The third kappa shape index (κ3) is 1.74. The summed E-state index contributed by atoms with van der Waals surface area (Å²) in [6.45, 7) is 5.59. The third-order valence-corrected chi connectivity index (χ3v) is 4.00. The number of nitrogens with zero attached hydrogens (tertiary/aromatic N) is 2. The molecule has 1 N–H and O–H groups in total. The summed E-state index contributed by atoms with van der Waals surface area (Å²) in [7, 11) is 0. The Hall–Kier alpha value is -1.36. The summed E-state index contributed by atoms with van der Waals surface area (Å²) < 4.78 is 5.17. The largest absolute Gasteiger partial charge is 0.438 e. The number of carbonyl (C=O) groups excluding carboxylic acids is 1. The van der Waals surface area contributed by atoms with Crippen molar-refractivity contribution in [3.05, 3.63) is 17.8 Å². The van der Waals surface area contributed by atoms with Gasteiger partial charge in [0, 0.05) is 25.0 Å². The van der Waals surface area contributed by atoms with Gasteiger partial charge in [0.05, 0.1) is 5.69 Å². The average molecular weight is 235 g/mol. The van der Waals surface area contributed by atoms with E-state index < -0.39 is 0 Å². The topological polar surface area (TPSA) is 58.4 Å². The molecule has 2 saturated heterocycles. The van der Waals surface area contributed by atoms with E-state index >= 15 is 0 Å². The van der Waals surface area contributed by atoms with Gasteiger partial charge in [0.1, 0.15) is 0 Å². The summed E-state index contributed by atoms with van der Waals surface area (Å²) in [5, 5.41) is 3.39. The molecule has 5 heteroatoms. The van der Waals surface area contributed by atoms with E-state index in [1.54, 1.807) is 6.92 Å². The van der Waals surface area contributed by atoms with Crippen molar-refractivity contribution < 1.29 is 9.21 Å². The number of likely N-dealkylation sites (tertiary alicyclic amines) is 1. The van der Waals surface area contributed by atoms with Crippen LogP contribution >= 0.6 is 0 Å². The Kier molecular flexibility index (Phi) is 2.43. The van der Waals surface area contributed by atoms with Crippen LogP contribution < -0.4 is 5.32 Å². The van der Waals surface area contributed by atoms with Crippen LogP contribution in [0.4, 0.5) is 0 Å². The smallest absolute Gasteiger partial charge is 0.291 e. The van der Waals surface area contributed by atoms with Gasteiger partial charge in [-0.15, -0.1) is 0 Å². The number of rotatable bonds is 1. The van der Waals surface area contributed by atoms with E-state index in [9.17, 15) is 4.79 Å². The molecule has 1 atom stereocenters. The molecule has 1 spiro atoms. The van der Waals surface area contributed by atoms with E-state index in [0.717, 1.165) is 32.6 Å². The maximum atomic E-state index is 12.2. The molecule has 1 unspecified atom stereocenters. The lowest BCUT2D eigenvalue weighted by Gasteiger charge is -2.22. The minimum Gasteiger partial charge on any atom is -0.438 e. The first-order valence-electron chi connectivity index (χ1n) is 6.10. The molecule has 1 amide bonds. The van der Waals surface area contributed by atoms with Crippen molar-refractivity contribution in [2.75, 3.05) is 26.2 Å². The Labute approximate surface area is 100 Å². The van der Waals surface area contributed by atoms with Gasteiger partial charge in [-0.25, -0.2) is 4.98 Å². The predicted octanol–water partition coefficient (Wildman–Crippen LogP) is 0.809. The normalized spacial score (nSPS) is 28.2. The van der Waals surface area contributed by atoms with E-state index in [1.807, 2.05) is 4.90 Å². The van der Waals surface area contributed by atoms with Gasteiger partial charge >= 0.3 is 0 Å². The van der Waals surface area contributed by atoms with Crippen LogP contribution in [-0.4, -0.2) is 42.0 Å². The summed E-state index contributed by atoms with van der Waals surface area (Å²) in [5.74, 6) is 0.386. The van der Waals surface area contributed by atoms with Crippen molar-refractivity contribution in [2.45, 2.75) is 19.8 Å². The predicted molar refractivity (Wildman–Crippen MR) is 61.7 cm³/mol. The molecule has 92 valence electrons. The molecule has 2 aliphatic heterocycles. The molecule has 5 nitrogen and oxygen atoms in total. The Morgan fingerprint density at radius 2 is 2.47 bits per heavy atom. The monoisotopic (exact) mass is 235 g/mol. The molecule has 1 aromatic rings. The van der Waals surface area contributed by atoms with E-state index in [-0.39, 0.29) is 5.91 Å². The van der Waals surface area contributed by atoms with Gasteiger partial charge in [0.2, 0.25) is 5.76 Å². The average Bonchev–Trinajstić information content (AvgIpc) is 3.02. The zero-order chi connectivity index (χ0) is 11.9. The Morgan fingerprint density at radius 1 is 1.59 bits per heavy atom. The highest BCUT2D eigenvalue weighted by molar-refractivity contribution is 5.92. The number of nitrogens with one attached hydrogen (secondary N) is 1. The van der Waals surface area contributed by atoms with Crippen molar-refractivity contribution in [2.24, 2.45) is 5.41 Å². The van der Waals surface area contributed by atoms with Crippen LogP contribution in [0.15, 0.2) is 10.8 Å². The Bertz CT molecular complexity index is 435. The number of hydrogen-bond donors (Lipinski definition) is 1. The maximum Gasteiger partial charge on any atom is 0.291 e. The van der Waals surface area contributed by atoms with Crippen LogP contribution in [0.5, 0.6) is 0 Å². The quantitative estimate of drug-likeness (QED) is 0.782. The molecule has 3 rings (SSSR count).